The van der Waals surface area contributed by atoms with E-state index in [-0.39, 0.29) is 23.8 Å². The van der Waals surface area contributed by atoms with Gasteiger partial charge >= 0.3 is 6.03 Å². The lowest BCUT2D eigenvalue weighted by molar-refractivity contribution is -0.139. The summed E-state index contributed by atoms with van der Waals surface area (Å²) in [5.41, 5.74) is 5.18. The summed E-state index contributed by atoms with van der Waals surface area (Å²) in [4.78, 5) is 40.5. The summed E-state index contributed by atoms with van der Waals surface area (Å²) >= 11 is 0. The lowest BCUT2D eigenvalue weighted by Crippen LogP contribution is -2.52. The van der Waals surface area contributed by atoms with Crippen molar-refractivity contribution >= 4 is 17.8 Å². The van der Waals surface area contributed by atoms with Crippen molar-refractivity contribution in [3.63, 3.8) is 0 Å². The van der Waals surface area contributed by atoms with Gasteiger partial charge in [-0.25, -0.2) is 4.79 Å². The molecule has 0 spiro atoms. The van der Waals surface area contributed by atoms with E-state index in [0.717, 1.165) is 32.1 Å². The fourth-order valence-electron chi connectivity index (χ4n) is 4.78. The van der Waals surface area contributed by atoms with E-state index in [1.54, 1.807) is 0 Å². The van der Waals surface area contributed by atoms with Crippen LogP contribution in [-0.2, 0) is 9.59 Å². The summed E-state index contributed by atoms with van der Waals surface area (Å²) in [6, 6.07) is -0.249. The van der Waals surface area contributed by atoms with Crippen LogP contribution in [0.3, 0.4) is 0 Å². The van der Waals surface area contributed by atoms with Gasteiger partial charge in [-0.1, -0.05) is 25.7 Å². The van der Waals surface area contributed by atoms with Gasteiger partial charge in [-0.15, -0.1) is 0 Å². The maximum absolute atomic E-state index is 13.1. The topological polar surface area (TPSA) is 95.7 Å². The predicted octanol–water partition coefficient (Wildman–Crippen LogP) is 1.61. The molecular formula is C19H32N4O3. The van der Waals surface area contributed by atoms with Crippen molar-refractivity contribution in [2.45, 2.75) is 76.3 Å². The lowest BCUT2D eigenvalue weighted by Gasteiger charge is -2.37. The molecule has 0 aromatic carbocycles. The number of carbonyl (C=O) groups excluding carboxylic acids is 3. The zero-order valence-corrected chi connectivity index (χ0v) is 15.6. The summed E-state index contributed by atoms with van der Waals surface area (Å²) < 4.78 is 0. The molecule has 3 fully saturated rings. The number of likely N-dealkylation sites (tertiary alicyclic amines) is 2. The average Bonchev–Trinajstić information content (AvgIpc) is 2.84. The van der Waals surface area contributed by atoms with Crippen molar-refractivity contribution in [2.24, 2.45) is 11.7 Å². The molecule has 146 valence electrons. The van der Waals surface area contributed by atoms with Crippen molar-refractivity contribution in [3.05, 3.63) is 0 Å². The van der Waals surface area contributed by atoms with Crippen LogP contribution in [0.1, 0.15) is 64.2 Å². The second-order valence-corrected chi connectivity index (χ2v) is 8.02. The average molecular weight is 364 g/mol. The second-order valence-electron chi connectivity index (χ2n) is 8.02. The summed E-state index contributed by atoms with van der Waals surface area (Å²) in [5.74, 6) is -0.0237. The molecule has 4 amide bonds. The van der Waals surface area contributed by atoms with Crippen LogP contribution in [0, 0.1) is 5.92 Å². The fourth-order valence-corrected chi connectivity index (χ4v) is 4.78. The quantitative estimate of drug-likeness (QED) is 0.742. The van der Waals surface area contributed by atoms with Crippen molar-refractivity contribution < 1.29 is 14.4 Å². The Labute approximate surface area is 155 Å². The molecule has 0 aromatic rings. The number of piperidine rings is 1. The highest BCUT2D eigenvalue weighted by Crippen LogP contribution is 2.30. The van der Waals surface area contributed by atoms with Gasteiger partial charge in [0.2, 0.25) is 11.8 Å². The first-order valence-corrected chi connectivity index (χ1v) is 10.2. The number of hydrogen-bond acceptors (Lipinski definition) is 3. The third kappa shape index (κ3) is 4.48. The molecule has 7 heteroatoms. The van der Waals surface area contributed by atoms with Crippen LogP contribution in [0.25, 0.3) is 0 Å². The molecule has 0 aromatic heterocycles. The van der Waals surface area contributed by atoms with E-state index < -0.39 is 6.03 Å². The van der Waals surface area contributed by atoms with Crippen molar-refractivity contribution in [3.8, 4) is 0 Å². The summed E-state index contributed by atoms with van der Waals surface area (Å²) in [6.07, 6.45) is 10.2. The minimum atomic E-state index is -0.557. The van der Waals surface area contributed by atoms with Gasteiger partial charge in [0.05, 0.1) is 5.92 Å². The van der Waals surface area contributed by atoms with E-state index in [2.05, 4.69) is 5.32 Å². The van der Waals surface area contributed by atoms with Crippen LogP contribution >= 0.6 is 0 Å². The molecule has 3 N–H and O–H groups in total. The van der Waals surface area contributed by atoms with Crippen LogP contribution in [0.15, 0.2) is 0 Å². The number of hydrogen-bond donors (Lipinski definition) is 2. The Morgan fingerprint density at radius 1 is 1.04 bits per heavy atom. The number of urea groups is 1. The molecule has 0 bridgehead atoms. The van der Waals surface area contributed by atoms with Gasteiger partial charge in [0.1, 0.15) is 0 Å². The van der Waals surface area contributed by atoms with E-state index >= 15 is 0 Å². The molecule has 3 aliphatic rings. The van der Waals surface area contributed by atoms with Crippen molar-refractivity contribution in [1.82, 2.24) is 15.1 Å². The Bertz CT molecular complexity index is 531. The fraction of sp³-hybridized carbons (Fsp3) is 0.842. The van der Waals surface area contributed by atoms with Gasteiger partial charge in [0.15, 0.2) is 0 Å². The Morgan fingerprint density at radius 3 is 2.42 bits per heavy atom. The number of nitrogens with zero attached hydrogens (tertiary/aromatic N) is 2. The number of nitrogens with two attached hydrogens (primary N) is 1. The van der Waals surface area contributed by atoms with Gasteiger partial charge in [-0.2, -0.15) is 0 Å². The molecule has 1 aliphatic carbocycles. The predicted molar refractivity (Wildman–Crippen MR) is 98.2 cm³/mol. The highest BCUT2D eigenvalue weighted by atomic mass is 16.2. The molecule has 0 unspecified atom stereocenters. The van der Waals surface area contributed by atoms with Gasteiger partial charge in [0.25, 0.3) is 0 Å². The van der Waals surface area contributed by atoms with Gasteiger partial charge < -0.3 is 20.9 Å². The Morgan fingerprint density at radius 2 is 1.73 bits per heavy atom. The van der Waals surface area contributed by atoms with Gasteiger partial charge in [0, 0.05) is 38.1 Å². The molecule has 1 saturated carbocycles. The normalized spacial score (nSPS) is 28.1. The lowest BCUT2D eigenvalue weighted by atomic mass is 9.98. The van der Waals surface area contributed by atoms with E-state index in [1.807, 2.05) is 9.80 Å². The SMILES string of the molecule is NC(=O)NC[C@H]1CCCCN1C(=O)[C@@H]1CC(=O)N(C2CCCCCC2)C1. The first kappa shape index (κ1) is 19.0. The first-order valence-electron chi connectivity index (χ1n) is 10.2. The first-order chi connectivity index (χ1) is 12.6. The van der Waals surface area contributed by atoms with Crippen LogP contribution in [0.2, 0.25) is 0 Å². The molecular weight excluding hydrogens is 332 g/mol. The molecule has 2 heterocycles. The highest BCUT2D eigenvalue weighted by molar-refractivity contribution is 5.89. The number of primary amides is 1. The number of amides is 4. The van der Waals surface area contributed by atoms with E-state index in [9.17, 15) is 14.4 Å². The second kappa shape index (κ2) is 8.73. The molecule has 3 rings (SSSR count). The molecule has 0 radical (unpaired) electrons. The summed E-state index contributed by atoms with van der Waals surface area (Å²) in [7, 11) is 0. The van der Waals surface area contributed by atoms with Crippen LogP contribution in [-0.4, -0.2) is 59.4 Å². The van der Waals surface area contributed by atoms with Gasteiger partial charge in [-0.3, -0.25) is 9.59 Å². The zero-order valence-electron chi connectivity index (χ0n) is 15.6. The van der Waals surface area contributed by atoms with E-state index in [0.29, 0.717) is 32.1 Å². The maximum Gasteiger partial charge on any atom is 0.312 e. The van der Waals surface area contributed by atoms with Crippen LogP contribution in [0.4, 0.5) is 4.79 Å². The van der Waals surface area contributed by atoms with Crippen LogP contribution < -0.4 is 11.1 Å². The molecule has 26 heavy (non-hydrogen) atoms. The Balaban J connectivity index is 1.61. The minimum Gasteiger partial charge on any atom is -0.352 e. The van der Waals surface area contributed by atoms with Crippen LogP contribution in [0.5, 0.6) is 0 Å². The largest absolute Gasteiger partial charge is 0.352 e. The van der Waals surface area contributed by atoms with Gasteiger partial charge in [-0.05, 0) is 32.1 Å². The minimum absolute atomic E-state index is 0.00853. The zero-order chi connectivity index (χ0) is 18.5. The third-order valence-electron chi connectivity index (χ3n) is 6.20. The molecule has 7 nitrogen and oxygen atoms in total. The summed E-state index contributed by atoms with van der Waals surface area (Å²) in [5, 5.41) is 2.63. The summed E-state index contributed by atoms with van der Waals surface area (Å²) in [6.45, 7) is 1.67. The van der Waals surface area contributed by atoms with Crippen molar-refractivity contribution in [1.29, 1.82) is 0 Å². The number of nitrogens with one attached hydrogen (secondary N) is 1. The van der Waals surface area contributed by atoms with E-state index in [1.165, 1.54) is 25.7 Å². The molecule has 2 aliphatic heterocycles. The Hall–Kier alpha value is -1.79. The number of carbonyl (C=O) groups is 3. The standard InChI is InChI=1S/C19H32N4O3/c20-19(26)21-12-16-9-5-6-10-22(16)18(25)14-11-17(24)23(13-14)15-7-3-1-2-4-8-15/h14-16H,1-13H2,(H3,20,21,26)/t14-,16-/m1/s1. The third-order valence-corrected chi connectivity index (χ3v) is 6.20. The van der Waals surface area contributed by atoms with Crippen molar-refractivity contribution in [2.75, 3.05) is 19.6 Å². The molecule has 2 atom stereocenters. The number of rotatable bonds is 4. The maximum atomic E-state index is 13.1. The smallest absolute Gasteiger partial charge is 0.312 e. The monoisotopic (exact) mass is 364 g/mol. The molecule has 2 saturated heterocycles. The Kier molecular flexibility index (Phi) is 6.38. The highest BCUT2D eigenvalue weighted by Gasteiger charge is 2.41. The van der Waals surface area contributed by atoms with E-state index in [4.69, 9.17) is 5.73 Å².